The van der Waals surface area contributed by atoms with Crippen LogP contribution in [0.3, 0.4) is 0 Å². The molecule has 2 rings (SSSR count). The molecule has 0 bridgehead atoms. The van der Waals surface area contributed by atoms with Gasteiger partial charge in [0, 0.05) is 22.1 Å². The van der Waals surface area contributed by atoms with Crippen LogP contribution in [0.25, 0.3) is 0 Å². The van der Waals surface area contributed by atoms with Crippen LogP contribution in [0.15, 0.2) is 40.3 Å². The summed E-state index contributed by atoms with van der Waals surface area (Å²) >= 11 is 3.10. The molecule has 1 unspecified atom stereocenters. The van der Waals surface area contributed by atoms with Gasteiger partial charge in [-0.2, -0.15) is 5.26 Å². The third-order valence-corrected chi connectivity index (χ3v) is 6.28. The van der Waals surface area contributed by atoms with Crippen molar-refractivity contribution < 1.29 is 5.11 Å². The number of nitrogens with zero attached hydrogens (tertiary/aromatic N) is 2. The van der Waals surface area contributed by atoms with Crippen LogP contribution in [-0.2, 0) is 5.41 Å². The summed E-state index contributed by atoms with van der Waals surface area (Å²) in [5.74, 6) is 1.15. The fourth-order valence-corrected chi connectivity index (χ4v) is 4.52. The van der Waals surface area contributed by atoms with Crippen molar-refractivity contribution in [2.24, 2.45) is 0 Å². The smallest absolute Gasteiger partial charge is 0.114 e. The fraction of sp³-hybridized carbons (Fsp3) is 0.429. The lowest BCUT2D eigenvalue weighted by Crippen LogP contribution is -2.13. The maximum absolute atomic E-state index is 10.3. The van der Waals surface area contributed by atoms with Crippen LogP contribution in [0.1, 0.15) is 43.2 Å². The topological polar surface area (TPSA) is 56.9 Å². The van der Waals surface area contributed by atoms with E-state index in [1.54, 1.807) is 11.8 Å². The molecule has 138 valence electrons. The summed E-state index contributed by atoms with van der Waals surface area (Å²) in [5, 5.41) is 20.3. The average molecular weight is 387 g/mol. The highest BCUT2D eigenvalue weighted by molar-refractivity contribution is 8.00. The van der Waals surface area contributed by atoms with E-state index in [2.05, 4.69) is 56.1 Å². The molecule has 0 amide bonds. The number of rotatable bonds is 6. The van der Waals surface area contributed by atoms with Gasteiger partial charge in [-0.15, -0.1) is 23.5 Å². The van der Waals surface area contributed by atoms with Crippen molar-refractivity contribution in [1.82, 2.24) is 4.98 Å². The van der Waals surface area contributed by atoms with Crippen molar-refractivity contribution in [3.63, 3.8) is 0 Å². The molecule has 5 heteroatoms. The number of benzene rings is 1. The standard InChI is InChI=1S/C21H26N2OS2/c1-14-10-15(2)23-20(19(14)11-22)26-13-17(24)12-25-18-8-6-16(7-9-18)21(3,4)5/h6-10,17,24H,12-13H2,1-5H3. The molecule has 0 saturated heterocycles. The van der Waals surface area contributed by atoms with Gasteiger partial charge in [-0.05, 0) is 48.6 Å². The zero-order chi connectivity index (χ0) is 19.3. The highest BCUT2D eigenvalue weighted by Gasteiger charge is 2.14. The Labute approximate surface area is 165 Å². The second kappa shape index (κ2) is 8.94. The lowest BCUT2D eigenvalue weighted by atomic mass is 9.87. The molecule has 1 heterocycles. The SMILES string of the molecule is Cc1cc(C)c(C#N)c(SCC(O)CSc2ccc(C(C)(C)C)cc2)n1. The predicted molar refractivity (Wildman–Crippen MR) is 111 cm³/mol. The Hall–Kier alpha value is -1.48. The Balaban J connectivity index is 1.90. The van der Waals surface area contributed by atoms with Gasteiger partial charge in [0.1, 0.15) is 11.1 Å². The highest BCUT2D eigenvalue weighted by Crippen LogP contribution is 2.28. The fourth-order valence-electron chi connectivity index (χ4n) is 2.51. The van der Waals surface area contributed by atoms with Crippen molar-refractivity contribution in [1.29, 1.82) is 5.26 Å². The Bertz CT molecular complexity index is 789. The maximum Gasteiger partial charge on any atom is 0.114 e. The van der Waals surface area contributed by atoms with E-state index < -0.39 is 6.10 Å². The van der Waals surface area contributed by atoms with Crippen LogP contribution in [0.5, 0.6) is 0 Å². The van der Waals surface area contributed by atoms with E-state index in [0.717, 1.165) is 16.2 Å². The number of aliphatic hydroxyl groups excluding tert-OH is 1. The number of pyridine rings is 1. The van der Waals surface area contributed by atoms with E-state index in [-0.39, 0.29) is 5.41 Å². The molecule has 1 N–H and O–H groups in total. The Morgan fingerprint density at radius 2 is 1.73 bits per heavy atom. The molecular weight excluding hydrogens is 360 g/mol. The van der Waals surface area contributed by atoms with Gasteiger partial charge in [0.15, 0.2) is 0 Å². The number of nitriles is 1. The number of hydrogen-bond acceptors (Lipinski definition) is 5. The number of aryl methyl sites for hydroxylation is 2. The molecule has 2 aromatic rings. The Morgan fingerprint density at radius 1 is 1.12 bits per heavy atom. The first-order valence-electron chi connectivity index (χ1n) is 8.63. The molecule has 26 heavy (non-hydrogen) atoms. The van der Waals surface area contributed by atoms with Crippen LogP contribution < -0.4 is 0 Å². The molecule has 0 fully saturated rings. The number of aromatic nitrogens is 1. The molecule has 1 atom stereocenters. The Kier molecular flexibility index (Phi) is 7.16. The predicted octanol–water partition coefficient (Wildman–Crippen LogP) is 5.11. The minimum absolute atomic E-state index is 0.150. The van der Waals surface area contributed by atoms with E-state index in [4.69, 9.17) is 0 Å². The summed E-state index contributed by atoms with van der Waals surface area (Å²) in [5.41, 5.74) is 3.90. The second-order valence-electron chi connectivity index (χ2n) is 7.42. The zero-order valence-corrected chi connectivity index (χ0v) is 17.7. The van der Waals surface area contributed by atoms with Crippen molar-refractivity contribution in [2.75, 3.05) is 11.5 Å². The molecule has 0 spiro atoms. The second-order valence-corrected chi connectivity index (χ2v) is 9.52. The molecule has 1 aromatic heterocycles. The lowest BCUT2D eigenvalue weighted by molar-refractivity contribution is 0.225. The van der Waals surface area contributed by atoms with E-state index in [1.807, 2.05) is 19.9 Å². The first-order valence-corrected chi connectivity index (χ1v) is 10.6. The molecule has 0 aliphatic carbocycles. The average Bonchev–Trinajstić information content (AvgIpc) is 2.57. The van der Waals surface area contributed by atoms with E-state index >= 15 is 0 Å². The summed E-state index contributed by atoms with van der Waals surface area (Å²) in [6.45, 7) is 10.4. The third kappa shape index (κ3) is 5.77. The van der Waals surface area contributed by atoms with Crippen molar-refractivity contribution in [3.8, 4) is 6.07 Å². The highest BCUT2D eigenvalue weighted by atomic mass is 32.2. The quantitative estimate of drug-likeness (QED) is 0.699. The van der Waals surface area contributed by atoms with E-state index in [9.17, 15) is 10.4 Å². The van der Waals surface area contributed by atoms with Crippen LogP contribution >= 0.6 is 23.5 Å². The Morgan fingerprint density at radius 3 is 2.31 bits per heavy atom. The van der Waals surface area contributed by atoms with Gasteiger partial charge in [-0.1, -0.05) is 32.9 Å². The number of aliphatic hydroxyl groups is 1. The first-order chi connectivity index (χ1) is 12.2. The van der Waals surface area contributed by atoms with Gasteiger partial charge >= 0.3 is 0 Å². The minimum atomic E-state index is -0.457. The van der Waals surface area contributed by atoms with Gasteiger partial charge in [0.25, 0.3) is 0 Å². The number of thioether (sulfide) groups is 2. The van der Waals surface area contributed by atoms with Crippen LogP contribution in [-0.4, -0.2) is 27.7 Å². The molecular formula is C21H26N2OS2. The summed E-state index contributed by atoms with van der Waals surface area (Å²) in [7, 11) is 0. The minimum Gasteiger partial charge on any atom is -0.391 e. The van der Waals surface area contributed by atoms with Crippen LogP contribution in [0.4, 0.5) is 0 Å². The normalized spacial score (nSPS) is 12.7. The zero-order valence-electron chi connectivity index (χ0n) is 16.0. The van der Waals surface area contributed by atoms with Gasteiger partial charge in [0.05, 0.1) is 11.7 Å². The van der Waals surface area contributed by atoms with Crippen molar-refractivity contribution >= 4 is 23.5 Å². The largest absolute Gasteiger partial charge is 0.391 e. The van der Waals surface area contributed by atoms with E-state index in [1.165, 1.54) is 17.3 Å². The molecule has 0 saturated carbocycles. The molecule has 3 nitrogen and oxygen atoms in total. The summed E-state index contributed by atoms with van der Waals surface area (Å²) in [4.78, 5) is 5.61. The summed E-state index contributed by atoms with van der Waals surface area (Å²) in [6.07, 6.45) is -0.457. The van der Waals surface area contributed by atoms with Crippen molar-refractivity contribution in [2.45, 2.75) is 56.1 Å². The van der Waals surface area contributed by atoms with E-state index in [0.29, 0.717) is 22.1 Å². The van der Waals surface area contributed by atoms with Crippen LogP contribution in [0.2, 0.25) is 0 Å². The summed E-state index contributed by atoms with van der Waals surface area (Å²) < 4.78 is 0. The van der Waals surface area contributed by atoms with Crippen LogP contribution in [0, 0.1) is 25.2 Å². The number of hydrogen-bond donors (Lipinski definition) is 1. The van der Waals surface area contributed by atoms with Gasteiger partial charge in [0.2, 0.25) is 0 Å². The van der Waals surface area contributed by atoms with Gasteiger partial charge in [-0.25, -0.2) is 4.98 Å². The van der Waals surface area contributed by atoms with Gasteiger partial charge < -0.3 is 5.11 Å². The molecule has 0 radical (unpaired) electrons. The lowest BCUT2D eigenvalue weighted by Gasteiger charge is -2.19. The monoisotopic (exact) mass is 386 g/mol. The molecule has 1 aromatic carbocycles. The van der Waals surface area contributed by atoms with Gasteiger partial charge in [-0.3, -0.25) is 0 Å². The van der Waals surface area contributed by atoms with Crippen molar-refractivity contribution in [3.05, 3.63) is 52.7 Å². The first kappa shape index (κ1) is 20.8. The maximum atomic E-state index is 10.3. The third-order valence-electron chi connectivity index (χ3n) is 4.00. The summed E-state index contributed by atoms with van der Waals surface area (Å²) in [6, 6.07) is 12.7. The molecule has 0 aliphatic rings. The molecule has 0 aliphatic heterocycles.